The smallest absolute Gasteiger partial charge is 0.397 e. The first-order valence-electron chi connectivity index (χ1n) is 20.0. The lowest BCUT2D eigenvalue weighted by Crippen LogP contribution is -2.60. The van der Waals surface area contributed by atoms with E-state index in [1.165, 1.54) is 25.7 Å². The summed E-state index contributed by atoms with van der Waals surface area (Å²) < 4.78 is 58.8. The van der Waals surface area contributed by atoms with Crippen LogP contribution in [0, 0.1) is 0 Å². The first kappa shape index (κ1) is 49.8. The molecule has 1 fully saturated rings. The van der Waals surface area contributed by atoms with Crippen LogP contribution in [0.2, 0.25) is 0 Å². The number of aliphatic hydroxyl groups is 3. The lowest BCUT2D eigenvalue weighted by atomic mass is 9.99. The Labute approximate surface area is 325 Å². The molecule has 6 atom stereocenters. The van der Waals surface area contributed by atoms with E-state index >= 15 is 0 Å². The number of unbranched alkanes of at least 4 members (excludes halogenated alkanes) is 10. The minimum Gasteiger partial charge on any atom is -0.457 e. The normalized spacial score (nSPS) is 21.8. The van der Waals surface area contributed by atoms with E-state index in [0.717, 1.165) is 77.0 Å². The molecule has 312 valence electrons. The van der Waals surface area contributed by atoms with Crippen LogP contribution in [0.25, 0.3) is 0 Å². The van der Waals surface area contributed by atoms with Crippen LogP contribution in [0.3, 0.4) is 0 Å². The summed E-state index contributed by atoms with van der Waals surface area (Å²) in [6.07, 6.45) is 29.8. The number of hydrogen-bond acceptors (Lipinski definition) is 11. The van der Waals surface area contributed by atoms with E-state index in [1.807, 2.05) is 0 Å². The van der Waals surface area contributed by atoms with Gasteiger partial charge in [0.25, 0.3) is 0 Å². The molecule has 0 aromatic carbocycles. The topological polar surface area (TPSA) is 178 Å². The average molecular weight is 787 g/mol. The summed E-state index contributed by atoms with van der Waals surface area (Å²) in [5, 5.41) is 30.5. The van der Waals surface area contributed by atoms with Crippen LogP contribution in [0.15, 0.2) is 60.8 Å². The fraction of sp³-hybridized carbons (Fsp3) is 0.732. The Balaban J connectivity index is 2.54. The van der Waals surface area contributed by atoms with Gasteiger partial charge in [0.05, 0.1) is 19.8 Å². The molecule has 6 unspecified atom stereocenters. The van der Waals surface area contributed by atoms with Crippen molar-refractivity contribution in [3.63, 3.8) is 0 Å². The van der Waals surface area contributed by atoms with Gasteiger partial charge >= 0.3 is 16.4 Å². The van der Waals surface area contributed by atoms with Crippen molar-refractivity contribution in [2.45, 2.75) is 166 Å². The lowest BCUT2D eigenvalue weighted by molar-refractivity contribution is -0.301. The third-order valence-corrected chi connectivity index (χ3v) is 9.09. The highest BCUT2D eigenvalue weighted by molar-refractivity contribution is 7.80. The third-order valence-electron chi connectivity index (χ3n) is 8.62. The molecule has 1 aliphatic rings. The van der Waals surface area contributed by atoms with E-state index < -0.39 is 59.8 Å². The standard InChI is InChI=1S/C41H70O12S/c1-3-5-7-9-11-13-15-17-18-19-20-22-24-26-28-30-37(43)51-35(33-49-31-29-27-25-23-21-16-14-12-10-8-6-4-2)34-50-41-39(45)40(53-54(46,47)48)38(44)36(32-42)52-41/h5,7,10-13,17-18,20,22,35-36,38-42,44-45H,3-4,6,8-9,14-16,19,21,23-34H2,1-2H3,(H,46,47,48)/b7-5-,12-10-,13-11-,18-17-,22-20-. The first-order chi connectivity index (χ1) is 26.1. The molecule has 0 amide bonds. The molecule has 1 rings (SSSR count). The SMILES string of the molecule is CC/C=C\C/C=C\C/C=C\C/C=C\CCCCC(=O)OC(COCCCCCCCC/C=C\CCCC)COC1OC(CO)C(O)C(OS(=O)(=O)O)C1O. The van der Waals surface area contributed by atoms with Gasteiger partial charge < -0.3 is 34.3 Å². The fourth-order valence-corrected chi connectivity index (χ4v) is 6.09. The van der Waals surface area contributed by atoms with Crippen LogP contribution < -0.4 is 0 Å². The number of aliphatic hydroxyl groups excluding tert-OH is 3. The van der Waals surface area contributed by atoms with Crippen LogP contribution >= 0.6 is 0 Å². The molecule has 0 spiro atoms. The monoisotopic (exact) mass is 786 g/mol. The number of allylic oxidation sites excluding steroid dienone is 10. The highest BCUT2D eigenvalue weighted by atomic mass is 32.3. The minimum absolute atomic E-state index is 0.0118. The molecule has 12 nitrogen and oxygen atoms in total. The molecular formula is C41H70O12S. The maximum atomic E-state index is 12.8. The number of carbonyl (C=O) groups is 1. The van der Waals surface area contributed by atoms with Crippen LogP contribution in [0.1, 0.15) is 129 Å². The van der Waals surface area contributed by atoms with Crippen molar-refractivity contribution in [2.24, 2.45) is 0 Å². The highest BCUT2D eigenvalue weighted by Crippen LogP contribution is 2.26. The quantitative estimate of drug-likeness (QED) is 0.0225. The summed E-state index contributed by atoms with van der Waals surface area (Å²) in [5.74, 6) is -0.445. The van der Waals surface area contributed by atoms with Gasteiger partial charge in [-0.3, -0.25) is 9.35 Å². The zero-order valence-electron chi connectivity index (χ0n) is 32.8. The Morgan fingerprint density at radius 3 is 1.89 bits per heavy atom. The van der Waals surface area contributed by atoms with Gasteiger partial charge in [-0.25, -0.2) is 4.18 Å². The molecule has 0 radical (unpaired) electrons. The summed E-state index contributed by atoms with van der Waals surface area (Å²) in [7, 11) is -5.07. The van der Waals surface area contributed by atoms with Crippen molar-refractivity contribution in [3.8, 4) is 0 Å². The largest absolute Gasteiger partial charge is 0.457 e. The second-order valence-corrected chi connectivity index (χ2v) is 14.5. The third kappa shape index (κ3) is 26.6. The predicted molar refractivity (Wildman–Crippen MR) is 211 cm³/mol. The van der Waals surface area contributed by atoms with Gasteiger partial charge in [0.2, 0.25) is 0 Å². The summed E-state index contributed by atoms with van der Waals surface area (Å²) in [6.45, 7) is 3.74. The molecule has 54 heavy (non-hydrogen) atoms. The Kier molecular flexibility index (Phi) is 30.4. The second kappa shape index (κ2) is 33.0. The molecule has 13 heteroatoms. The Morgan fingerprint density at radius 1 is 0.722 bits per heavy atom. The molecule has 0 aromatic heterocycles. The Bertz CT molecular complexity index is 1180. The summed E-state index contributed by atoms with van der Waals surface area (Å²) >= 11 is 0. The van der Waals surface area contributed by atoms with Crippen LogP contribution in [-0.4, -0.2) is 97.5 Å². The van der Waals surface area contributed by atoms with Crippen molar-refractivity contribution in [3.05, 3.63) is 60.8 Å². The van der Waals surface area contributed by atoms with Crippen LogP contribution in [0.4, 0.5) is 0 Å². The Hall–Kier alpha value is -2.20. The van der Waals surface area contributed by atoms with Gasteiger partial charge in [-0.2, -0.15) is 8.42 Å². The van der Waals surface area contributed by atoms with Crippen molar-refractivity contribution >= 4 is 16.4 Å². The maximum absolute atomic E-state index is 12.8. The van der Waals surface area contributed by atoms with Gasteiger partial charge in [-0.1, -0.05) is 113 Å². The van der Waals surface area contributed by atoms with Gasteiger partial charge in [-0.15, -0.1) is 0 Å². The van der Waals surface area contributed by atoms with E-state index in [4.69, 9.17) is 23.5 Å². The fourth-order valence-electron chi connectivity index (χ4n) is 5.58. The molecule has 1 saturated heterocycles. The molecule has 4 N–H and O–H groups in total. The van der Waals surface area contributed by atoms with E-state index in [9.17, 15) is 28.5 Å². The molecular weight excluding hydrogens is 717 g/mol. The highest BCUT2D eigenvalue weighted by Gasteiger charge is 2.48. The van der Waals surface area contributed by atoms with Gasteiger partial charge in [0, 0.05) is 13.0 Å². The van der Waals surface area contributed by atoms with Gasteiger partial charge in [0.1, 0.15) is 30.5 Å². The number of rotatable bonds is 33. The maximum Gasteiger partial charge on any atom is 0.397 e. The van der Waals surface area contributed by atoms with Crippen LogP contribution in [0.5, 0.6) is 0 Å². The summed E-state index contributed by atoms with van der Waals surface area (Å²) in [4.78, 5) is 12.8. The molecule has 0 bridgehead atoms. The zero-order valence-corrected chi connectivity index (χ0v) is 33.6. The summed E-state index contributed by atoms with van der Waals surface area (Å²) in [6, 6.07) is 0. The van der Waals surface area contributed by atoms with Crippen molar-refractivity contribution in [1.82, 2.24) is 0 Å². The number of esters is 1. The van der Waals surface area contributed by atoms with E-state index in [2.05, 4.69) is 78.8 Å². The Morgan fingerprint density at radius 2 is 1.28 bits per heavy atom. The van der Waals surface area contributed by atoms with Gasteiger partial charge in [-0.05, 0) is 70.6 Å². The van der Waals surface area contributed by atoms with E-state index in [0.29, 0.717) is 13.0 Å². The van der Waals surface area contributed by atoms with E-state index in [1.54, 1.807) is 0 Å². The van der Waals surface area contributed by atoms with Crippen molar-refractivity contribution in [1.29, 1.82) is 0 Å². The number of hydrogen-bond donors (Lipinski definition) is 4. The average Bonchev–Trinajstić information content (AvgIpc) is 3.14. The summed E-state index contributed by atoms with van der Waals surface area (Å²) in [5.41, 5.74) is 0. The molecule has 0 aliphatic carbocycles. The minimum atomic E-state index is -5.07. The first-order valence-corrected chi connectivity index (χ1v) is 21.4. The van der Waals surface area contributed by atoms with Gasteiger partial charge in [0.15, 0.2) is 6.29 Å². The van der Waals surface area contributed by atoms with Crippen molar-refractivity contribution in [2.75, 3.05) is 26.4 Å². The van der Waals surface area contributed by atoms with E-state index in [-0.39, 0.29) is 19.6 Å². The number of carbonyl (C=O) groups excluding carboxylic acids is 1. The lowest BCUT2D eigenvalue weighted by Gasteiger charge is -2.41. The van der Waals surface area contributed by atoms with Crippen molar-refractivity contribution < 1.29 is 56.2 Å². The van der Waals surface area contributed by atoms with Crippen LogP contribution in [-0.2, 0) is 38.3 Å². The second-order valence-electron chi connectivity index (χ2n) is 13.5. The molecule has 0 saturated carbocycles. The predicted octanol–water partition coefficient (Wildman–Crippen LogP) is 7.40. The molecule has 1 aliphatic heterocycles. The molecule has 0 aromatic rings. The zero-order chi connectivity index (χ0) is 39.7. The molecule has 1 heterocycles. The number of ether oxygens (including phenoxy) is 4.